The quantitative estimate of drug-likeness (QED) is 0.880. The van der Waals surface area contributed by atoms with E-state index in [-0.39, 0.29) is 0 Å². The normalized spacial score (nSPS) is 28.3. The van der Waals surface area contributed by atoms with Crippen LogP contribution in [-0.4, -0.2) is 25.3 Å². The molecule has 1 saturated heterocycles. The van der Waals surface area contributed by atoms with Crippen LogP contribution in [-0.2, 0) is 11.2 Å². The Kier molecular flexibility index (Phi) is 3.67. The lowest BCUT2D eigenvalue weighted by Crippen LogP contribution is -2.44. The SMILES string of the molecule is Cc1ccccc1C[C@@H]1COCC[C@@H]1NC1CC1. The van der Waals surface area contributed by atoms with Crippen molar-refractivity contribution in [1.82, 2.24) is 5.32 Å². The molecule has 2 atom stereocenters. The van der Waals surface area contributed by atoms with Gasteiger partial charge in [-0.15, -0.1) is 0 Å². The molecule has 1 aromatic carbocycles. The first-order valence-electron chi connectivity index (χ1n) is 7.21. The van der Waals surface area contributed by atoms with E-state index in [4.69, 9.17) is 4.74 Å². The van der Waals surface area contributed by atoms with Crippen molar-refractivity contribution in [3.8, 4) is 0 Å². The van der Waals surface area contributed by atoms with Gasteiger partial charge in [0.25, 0.3) is 0 Å². The van der Waals surface area contributed by atoms with E-state index in [1.54, 1.807) is 0 Å². The second-order valence-corrected chi connectivity index (χ2v) is 5.80. The fourth-order valence-corrected chi connectivity index (χ4v) is 2.89. The largest absolute Gasteiger partial charge is 0.381 e. The van der Waals surface area contributed by atoms with Crippen LogP contribution in [0.1, 0.15) is 30.4 Å². The van der Waals surface area contributed by atoms with Gasteiger partial charge in [0.15, 0.2) is 0 Å². The van der Waals surface area contributed by atoms with Gasteiger partial charge in [-0.2, -0.15) is 0 Å². The van der Waals surface area contributed by atoms with Crippen LogP contribution >= 0.6 is 0 Å². The van der Waals surface area contributed by atoms with Gasteiger partial charge in [0.1, 0.15) is 0 Å². The smallest absolute Gasteiger partial charge is 0.0512 e. The van der Waals surface area contributed by atoms with Crippen molar-refractivity contribution >= 4 is 0 Å². The Morgan fingerprint density at radius 2 is 2.06 bits per heavy atom. The lowest BCUT2D eigenvalue weighted by molar-refractivity contribution is 0.0316. The highest BCUT2D eigenvalue weighted by atomic mass is 16.5. The average molecular weight is 245 g/mol. The van der Waals surface area contributed by atoms with Crippen molar-refractivity contribution < 1.29 is 4.74 Å². The summed E-state index contributed by atoms with van der Waals surface area (Å²) in [5, 5.41) is 3.80. The van der Waals surface area contributed by atoms with Gasteiger partial charge in [-0.1, -0.05) is 24.3 Å². The first-order chi connectivity index (χ1) is 8.83. The number of nitrogens with one attached hydrogen (secondary N) is 1. The predicted octanol–water partition coefficient (Wildman–Crippen LogP) is 2.69. The number of hydrogen-bond acceptors (Lipinski definition) is 2. The number of rotatable bonds is 4. The first-order valence-corrected chi connectivity index (χ1v) is 7.21. The molecule has 2 heteroatoms. The maximum atomic E-state index is 5.69. The maximum absolute atomic E-state index is 5.69. The summed E-state index contributed by atoms with van der Waals surface area (Å²) in [6, 6.07) is 10.2. The summed E-state index contributed by atoms with van der Waals surface area (Å²) in [4.78, 5) is 0. The number of aryl methyl sites for hydroxylation is 1. The Morgan fingerprint density at radius 1 is 1.22 bits per heavy atom. The highest BCUT2D eigenvalue weighted by Crippen LogP contribution is 2.26. The van der Waals surface area contributed by atoms with E-state index in [1.165, 1.54) is 30.4 Å². The minimum absolute atomic E-state index is 0.639. The Hall–Kier alpha value is -0.860. The summed E-state index contributed by atoms with van der Waals surface area (Å²) in [6.07, 6.45) is 5.06. The molecule has 2 nitrogen and oxygen atoms in total. The van der Waals surface area contributed by atoms with Crippen LogP contribution in [0.15, 0.2) is 24.3 Å². The Balaban J connectivity index is 1.66. The molecule has 98 valence electrons. The fourth-order valence-electron chi connectivity index (χ4n) is 2.89. The van der Waals surface area contributed by atoms with E-state index < -0.39 is 0 Å². The van der Waals surface area contributed by atoms with Crippen molar-refractivity contribution in [3.05, 3.63) is 35.4 Å². The van der Waals surface area contributed by atoms with E-state index in [9.17, 15) is 0 Å². The summed E-state index contributed by atoms with van der Waals surface area (Å²) in [5.74, 6) is 0.639. The van der Waals surface area contributed by atoms with Crippen molar-refractivity contribution in [2.75, 3.05) is 13.2 Å². The van der Waals surface area contributed by atoms with Crippen LogP contribution in [0.4, 0.5) is 0 Å². The second-order valence-electron chi connectivity index (χ2n) is 5.80. The van der Waals surface area contributed by atoms with Crippen molar-refractivity contribution in [2.24, 2.45) is 5.92 Å². The van der Waals surface area contributed by atoms with Gasteiger partial charge in [-0.25, -0.2) is 0 Å². The van der Waals surface area contributed by atoms with Gasteiger partial charge in [-0.05, 0) is 43.7 Å². The number of benzene rings is 1. The molecule has 0 bridgehead atoms. The standard InChI is InChI=1S/C16H23NO/c1-12-4-2-3-5-13(12)10-14-11-18-9-8-16(14)17-15-6-7-15/h2-5,14-17H,6-11H2,1H3/t14-,16+/m1/s1. The van der Waals surface area contributed by atoms with Crippen LogP contribution in [0.3, 0.4) is 0 Å². The minimum atomic E-state index is 0.639. The molecule has 3 rings (SSSR count). The average Bonchev–Trinajstić information content (AvgIpc) is 3.18. The van der Waals surface area contributed by atoms with Crippen LogP contribution < -0.4 is 5.32 Å². The molecule has 0 radical (unpaired) electrons. The lowest BCUT2D eigenvalue weighted by atomic mass is 9.88. The van der Waals surface area contributed by atoms with E-state index in [0.717, 1.165) is 25.7 Å². The molecular weight excluding hydrogens is 222 g/mol. The Morgan fingerprint density at radius 3 is 2.83 bits per heavy atom. The molecule has 1 N–H and O–H groups in total. The van der Waals surface area contributed by atoms with E-state index in [1.807, 2.05) is 0 Å². The summed E-state index contributed by atoms with van der Waals surface area (Å²) < 4.78 is 5.69. The van der Waals surface area contributed by atoms with E-state index in [2.05, 4.69) is 36.5 Å². The van der Waals surface area contributed by atoms with Crippen LogP contribution in [0.5, 0.6) is 0 Å². The molecule has 1 saturated carbocycles. The van der Waals surface area contributed by atoms with Gasteiger partial charge in [0, 0.05) is 24.6 Å². The van der Waals surface area contributed by atoms with Gasteiger partial charge >= 0.3 is 0 Å². The van der Waals surface area contributed by atoms with Crippen molar-refractivity contribution in [1.29, 1.82) is 0 Å². The van der Waals surface area contributed by atoms with Gasteiger partial charge in [-0.3, -0.25) is 0 Å². The molecular formula is C16H23NO. The molecule has 18 heavy (non-hydrogen) atoms. The van der Waals surface area contributed by atoms with Crippen LogP contribution in [0, 0.1) is 12.8 Å². The van der Waals surface area contributed by atoms with E-state index in [0.29, 0.717) is 12.0 Å². The van der Waals surface area contributed by atoms with Gasteiger partial charge in [0.2, 0.25) is 0 Å². The lowest BCUT2D eigenvalue weighted by Gasteiger charge is -2.33. The summed E-state index contributed by atoms with van der Waals surface area (Å²) in [5.41, 5.74) is 2.89. The molecule has 1 heterocycles. The molecule has 2 aliphatic rings. The molecule has 0 amide bonds. The summed E-state index contributed by atoms with van der Waals surface area (Å²) >= 11 is 0. The molecule has 0 aromatic heterocycles. The van der Waals surface area contributed by atoms with Crippen LogP contribution in [0.25, 0.3) is 0 Å². The van der Waals surface area contributed by atoms with Gasteiger partial charge in [0.05, 0.1) is 6.61 Å². The highest BCUT2D eigenvalue weighted by Gasteiger charge is 2.31. The fraction of sp³-hybridized carbons (Fsp3) is 0.625. The summed E-state index contributed by atoms with van der Waals surface area (Å²) in [6.45, 7) is 4.05. The minimum Gasteiger partial charge on any atom is -0.381 e. The third-order valence-corrected chi connectivity index (χ3v) is 4.24. The number of hydrogen-bond donors (Lipinski definition) is 1. The Bertz CT molecular complexity index is 400. The van der Waals surface area contributed by atoms with E-state index >= 15 is 0 Å². The predicted molar refractivity (Wildman–Crippen MR) is 73.8 cm³/mol. The zero-order chi connectivity index (χ0) is 12.4. The molecule has 0 spiro atoms. The zero-order valence-electron chi connectivity index (χ0n) is 11.2. The van der Waals surface area contributed by atoms with Crippen LogP contribution in [0.2, 0.25) is 0 Å². The monoisotopic (exact) mass is 245 g/mol. The molecule has 2 fully saturated rings. The highest BCUT2D eigenvalue weighted by molar-refractivity contribution is 5.26. The third-order valence-electron chi connectivity index (χ3n) is 4.24. The number of ether oxygens (including phenoxy) is 1. The second kappa shape index (κ2) is 5.41. The third kappa shape index (κ3) is 2.93. The zero-order valence-corrected chi connectivity index (χ0v) is 11.2. The van der Waals surface area contributed by atoms with Crippen molar-refractivity contribution in [2.45, 2.75) is 44.7 Å². The topological polar surface area (TPSA) is 21.3 Å². The van der Waals surface area contributed by atoms with Crippen molar-refractivity contribution in [3.63, 3.8) is 0 Å². The molecule has 1 aliphatic carbocycles. The Labute approximate surface area is 110 Å². The molecule has 1 aliphatic heterocycles. The molecule has 1 aromatic rings. The maximum Gasteiger partial charge on any atom is 0.0512 e. The molecule has 0 unspecified atom stereocenters. The summed E-state index contributed by atoms with van der Waals surface area (Å²) in [7, 11) is 0. The first kappa shape index (κ1) is 12.2. The van der Waals surface area contributed by atoms with Gasteiger partial charge < -0.3 is 10.1 Å².